The Labute approximate surface area is 174 Å². The molecule has 1 amide bonds. The van der Waals surface area contributed by atoms with Crippen molar-refractivity contribution in [1.82, 2.24) is 10.2 Å². The van der Waals surface area contributed by atoms with Crippen molar-refractivity contribution >= 4 is 24.3 Å². The first-order valence-corrected chi connectivity index (χ1v) is 10.3. The number of hydrogen-bond acceptors (Lipinski definition) is 3. The van der Waals surface area contributed by atoms with E-state index < -0.39 is 5.97 Å². The molecule has 1 aromatic rings. The predicted octanol–water partition coefficient (Wildman–Crippen LogP) is 4.07. The van der Waals surface area contributed by atoms with Crippen molar-refractivity contribution in [1.29, 1.82) is 0 Å². The number of rotatable bonds is 6. The Morgan fingerprint density at radius 3 is 2.21 bits per heavy atom. The van der Waals surface area contributed by atoms with E-state index in [2.05, 4.69) is 29.4 Å². The molecule has 2 N–H and O–H groups in total. The lowest BCUT2D eigenvalue weighted by atomic mass is 9.83. The van der Waals surface area contributed by atoms with Gasteiger partial charge in [-0.3, -0.25) is 9.59 Å². The van der Waals surface area contributed by atoms with Crippen molar-refractivity contribution in [2.75, 3.05) is 20.1 Å². The maximum absolute atomic E-state index is 12.5. The molecule has 0 bridgehead atoms. The van der Waals surface area contributed by atoms with Crippen LogP contribution in [0.5, 0.6) is 0 Å². The summed E-state index contributed by atoms with van der Waals surface area (Å²) in [5.74, 6) is 0.399. The van der Waals surface area contributed by atoms with Crippen molar-refractivity contribution in [2.45, 2.75) is 63.3 Å². The maximum atomic E-state index is 12.5. The van der Waals surface area contributed by atoms with Gasteiger partial charge in [-0.15, -0.1) is 12.4 Å². The molecule has 2 aliphatic rings. The Hall–Kier alpha value is -1.59. The van der Waals surface area contributed by atoms with E-state index in [1.807, 2.05) is 12.1 Å². The second-order valence-corrected chi connectivity index (χ2v) is 8.32. The average Bonchev–Trinajstić information content (AvgIpc) is 2.68. The minimum absolute atomic E-state index is 0. The van der Waals surface area contributed by atoms with Crippen molar-refractivity contribution < 1.29 is 14.7 Å². The number of halogens is 1. The van der Waals surface area contributed by atoms with E-state index in [1.165, 1.54) is 18.4 Å². The molecule has 6 heteroatoms. The van der Waals surface area contributed by atoms with Gasteiger partial charge in [0.25, 0.3) is 5.91 Å². The van der Waals surface area contributed by atoms with Gasteiger partial charge < -0.3 is 15.3 Å². The zero-order valence-corrected chi connectivity index (χ0v) is 17.5. The molecule has 1 aliphatic carbocycles. The highest BCUT2D eigenvalue weighted by Gasteiger charge is 2.23. The van der Waals surface area contributed by atoms with Crippen LogP contribution in [-0.4, -0.2) is 48.1 Å². The molecule has 28 heavy (non-hydrogen) atoms. The Morgan fingerprint density at radius 2 is 1.64 bits per heavy atom. The van der Waals surface area contributed by atoms with Gasteiger partial charge in [0.15, 0.2) is 0 Å². The SMILES string of the molecule is CN1CCC(c2ccc(C(=O)NC3CCC(CCC(=O)O)CC3)cc2)CC1.Cl. The molecule has 2 fully saturated rings. The molecule has 0 spiro atoms. The number of aliphatic carboxylic acids is 1. The van der Waals surface area contributed by atoms with E-state index in [0.29, 0.717) is 11.8 Å². The summed E-state index contributed by atoms with van der Waals surface area (Å²) in [7, 11) is 2.17. The van der Waals surface area contributed by atoms with Gasteiger partial charge in [0, 0.05) is 18.0 Å². The third kappa shape index (κ3) is 6.49. The summed E-state index contributed by atoms with van der Waals surface area (Å²) in [6.45, 7) is 2.28. The van der Waals surface area contributed by atoms with Crippen LogP contribution in [0, 0.1) is 5.92 Å². The largest absolute Gasteiger partial charge is 0.481 e. The summed E-state index contributed by atoms with van der Waals surface area (Å²) in [4.78, 5) is 25.6. The molecule has 1 saturated heterocycles. The molecular weight excluding hydrogens is 376 g/mol. The standard InChI is InChI=1S/C22H32N2O3.ClH/c1-24-14-12-18(13-15-24)17-5-7-19(8-6-17)22(27)23-20-9-2-16(3-10-20)4-11-21(25)26;/h5-8,16,18,20H,2-4,9-15H2,1H3,(H,23,27)(H,25,26);1H. The molecular formula is C22H33ClN2O3. The van der Waals surface area contributed by atoms with Crippen LogP contribution in [0.1, 0.15) is 73.2 Å². The number of benzene rings is 1. The number of carboxylic acid groups (broad SMARTS) is 1. The molecule has 0 aromatic heterocycles. The highest BCUT2D eigenvalue weighted by atomic mass is 35.5. The van der Waals surface area contributed by atoms with E-state index in [0.717, 1.165) is 50.8 Å². The van der Waals surface area contributed by atoms with Crippen LogP contribution in [-0.2, 0) is 4.79 Å². The number of carbonyl (C=O) groups is 2. The summed E-state index contributed by atoms with van der Waals surface area (Å²) < 4.78 is 0. The molecule has 3 rings (SSSR count). The number of likely N-dealkylation sites (tertiary alicyclic amines) is 1. The van der Waals surface area contributed by atoms with Crippen LogP contribution in [0.3, 0.4) is 0 Å². The summed E-state index contributed by atoms with van der Waals surface area (Å²) in [6.07, 6.45) is 7.30. The number of piperidine rings is 1. The fourth-order valence-corrected chi connectivity index (χ4v) is 4.44. The van der Waals surface area contributed by atoms with Gasteiger partial charge in [-0.1, -0.05) is 12.1 Å². The molecule has 1 saturated carbocycles. The van der Waals surface area contributed by atoms with Crippen LogP contribution in [0.15, 0.2) is 24.3 Å². The first-order chi connectivity index (χ1) is 13.0. The second-order valence-electron chi connectivity index (χ2n) is 8.32. The van der Waals surface area contributed by atoms with Crippen molar-refractivity contribution in [3.05, 3.63) is 35.4 Å². The first-order valence-electron chi connectivity index (χ1n) is 10.3. The second kappa shape index (κ2) is 10.8. The van der Waals surface area contributed by atoms with Gasteiger partial charge in [0.2, 0.25) is 0 Å². The number of amides is 1. The molecule has 1 aliphatic heterocycles. The molecule has 5 nitrogen and oxygen atoms in total. The summed E-state index contributed by atoms with van der Waals surface area (Å²) in [5, 5.41) is 12.0. The van der Waals surface area contributed by atoms with Gasteiger partial charge in [-0.2, -0.15) is 0 Å². The van der Waals surface area contributed by atoms with Crippen LogP contribution in [0.2, 0.25) is 0 Å². The van der Waals surface area contributed by atoms with Crippen molar-refractivity contribution in [3.63, 3.8) is 0 Å². The highest BCUT2D eigenvalue weighted by molar-refractivity contribution is 5.94. The van der Waals surface area contributed by atoms with E-state index in [-0.39, 0.29) is 30.8 Å². The maximum Gasteiger partial charge on any atom is 0.303 e. The van der Waals surface area contributed by atoms with E-state index in [4.69, 9.17) is 5.11 Å². The Morgan fingerprint density at radius 1 is 1.04 bits per heavy atom. The van der Waals surface area contributed by atoms with Crippen LogP contribution in [0.4, 0.5) is 0 Å². The normalized spacial score (nSPS) is 23.6. The molecule has 1 aromatic carbocycles. The van der Waals surface area contributed by atoms with Gasteiger partial charge in [0.05, 0.1) is 0 Å². The zero-order chi connectivity index (χ0) is 19.2. The summed E-state index contributed by atoms with van der Waals surface area (Å²) in [5.41, 5.74) is 2.08. The average molecular weight is 409 g/mol. The first kappa shape index (κ1) is 22.7. The molecule has 156 valence electrons. The minimum atomic E-state index is -0.714. The molecule has 0 atom stereocenters. The van der Waals surface area contributed by atoms with Crippen molar-refractivity contribution in [2.24, 2.45) is 5.92 Å². The quantitative estimate of drug-likeness (QED) is 0.744. The lowest BCUT2D eigenvalue weighted by Crippen LogP contribution is -2.37. The number of nitrogens with one attached hydrogen (secondary N) is 1. The third-order valence-corrected chi connectivity index (χ3v) is 6.31. The molecule has 0 unspecified atom stereocenters. The number of nitrogens with zero attached hydrogens (tertiary/aromatic N) is 1. The van der Waals surface area contributed by atoms with Gasteiger partial charge in [-0.05, 0) is 94.6 Å². The summed E-state index contributed by atoms with van der Waals surface area (Å²) in [6, 6.07) is 8.37. The Bertz CT molecular complexity index is 634. The third-order valence-electron chi connectivity index (χ3n) is 6.31. The predicted molar refractivity (Wildman–Crippen MR) is 113 cm³/mol. The fourth-order valence-electron chi connectivity index (χ4n) is 4.44. The fraction of sp³-hybridized carbons (Fsp3) is 0.636. The van der Waals surface area contributed by atoms with Crippen molar-refractivity contribution in [3.8, 4) is 0 Å². The Balaban J connectivity index is 0.00000280. The highest BCUT2D eigenvalue weighted by Crippen LogP contribution is 2.29. The van der Waals surface area contributed by atoms with E-state index in [1.54, 1.807) is 0 Å². The van der Waals surface area contributed by atoms with Gasteiger partial charge in [0.1, 0.15) is 0 Å². The topological polar surface area (TPSA) is 69.6 Å². The van der Waals surface area contributed by atoms with E-state index in [9.17, 15) is 9.59 Å². The van der Waals surface area contributed by atoms with E-state index >= 15 is 0 Å². The summed E-state index contributed by atoms with van der Waals surface area (Å²) >= 11 is 0. The smallest absolute Gasteiger partial charge is 0.303 e. The molecule has 1 heterocycles. The number of carbonyl (C=O) groups excluding carboxylic acids is 1. The van der Waals surface area contributed by atoms with Crippen LogP contribution in [0.25, 0.3) is 0 Å². The van der Waals surface area contributed by atoms with Crippen LogP contribution < -0.4 is 5.32 Å². The number of hydrogen-bond donors (Lipinski definition) is 2. The lowest BCUT2D eigenvalue weighted by Gasteiger charge is -2.29. The van der Waals surface area contributed by atoms with Gasteiger partial charge >= 0.3 is 5.97 Å². The lowest BCUT2D eigenvalue weighted by molar-refractivity contribution is -0.137. The number of carboxylic acids is 1. The zero-order valence-electron chi connectivity index (χ0n) is 16.7. The minimum Gasteiger partial charge on any atom is -0.481 e. The molecule has 0 radical (unpaired) electrons. The monoisotopic (exact) mass is 408 g/mol. The van der Waals surface area contributed by atoms with Gasteiger partial charge in [-0.25, -0.2) is 0 Å². The van der Waals surface area contributed by atoms with Crippen LogP contribution >= 0.6 is 12.4 Å². The Kier molecular flexibility index (Phi) is 8.77.